The lowest BCUT2D eigenvalue weighted by Gasteiger charge is -2.13. The van der Waals surface area contributed by atoms with Crippen molar-refractivity contribution in [3.05, 3.63) is 76.5 Å². The number of carbonyl (C=O) groups excluding carboxylic acids is 1. The zero-order chi connectivity index (χ0) is 22.0. The summed E-state index contributed by atoms with van der Waals surface area (Å²) in [7, 11) is 0. The molecule has 0 saturated carbocycles. The second-order valence-corrected chi connectivity index (χ2v) is 7.70. The van der Waals surface area contributed by atoms with E-state index in [2.05, 4.69) is 25.6 Å². The van der Waals surface area contributed by atoms with Crippen LogP contribution in [0.1, 0.15) is 21.1 Å². The first-order valence-corrected chi connectivity index (χ1v) is 9.99. The third-order valence-electron chi connectivity index (χ3n) is 4.33. The number of carbonyl (C=O) groups is 1. The van der Waals surface area contributed by atoms with E-state index >= 15 is 0 Å². The fraction of sp³-hybridized carbons (Fsp3) is 0.0952. The van der Waals surface area contributed by atoms with Crippen LogP contribution in [0.2, 0.25) is 0 Å². The van der Waals surface area contributed by atoms with E-state index < -0.39 is 17.6 Å². The fourth-order valence-corrected chi connectivity index (χ4v) is 3.47. The maximum absolute atomic E-state index is 13.1. The number of guanidine groups is 1. The van der Waals surface area contributed by atoms with Gasteiger partial charge in [-0.2, -0.15) is 13.2 Å². The number of rotatable bonds is 3. The molecule has 4 aromatic rings. The van der Waals surface area contributed by atoms with E-state index in [0.717, 1.165) is 22.9 Å². The number of benzene rings is 2. The summed E-state index contributed by atoms with van der Waals surface area (Å²) in [6.45, 7) is 1.77. The quantitative estimate of drug-likeness (QED) is 0.290. The molecule has 2 aromatic carbocycles. The van der Waals surface area contributed by atoms with Crippen molar-refractivity contribution in [1.82, 2.24) is 15.3 Å². The Kier molecular flexibility index (Phi) is 5.47. The highest BCUT2D eigenvalue weighted by molar-refractivity contribution is 7.09. The Morgan fingerprint density at radius 1 is 1.13 bits per heavy atom. The number of nitrogens with one attached hydrogen (secondary N) is 3. The van der Waals surface area contributed by atoms with Gasteiger partial charge in [-0.15, -0.1) is 11.3 Å². The van der Waals surface area contributed by atoms with E-state index in [1.54, 1.807) is 30.6 Å². The van der Waals surface area contributed by atoms with Gasteiger partial charge in [0.25, 0.3) is 5.91 Å². The smallest absolute Gasteiger partial charge is 0.366 e. The van der Waals surface area contributed by atoms with Crippen LogP contribution in [-0.2, 0) is 6.18 Å². The van der Waals surface area contributed by atoms with Gasteiger partial charge in [0.15, 0.2) is 0 Å². The molecule has 2 aromatic heterocycles. The number of hydrogen-bond acceptors (Lipinski definition) is 4. The summed E-state index contributed by atoms with van der Waals surface area (Å²) in [5.74, 6) is -0.546. The van der Waals surface area contributed by atoms with Crippen LogP contribution in [-0.4, -0.2) is 21.8 Å². The van der Waals surface area contributed by atoms with Crippen LogP contribution in [0.5, 0.6) is 0 Å². The second-order valence-electron chi connectivity index (χ2n) is 6.64. The van der Waals surface area contributed by atoms with Gasteiger partial charge in [-0.3, -0.25) is 10.1 Å². The van der Waals surface area contributed by atoms with E-state index in [9.17, 15) is 18.0 Å². The van der Waals surface area contributed by atoms with Crippen molar-refractivity contribution in [2.75, 3.05) is 5.32 Å². The van der Waals surface area contributed by atoms with Crippen LogP contribution in [0, 0.1) is 6.92 Å². The van der Waals surface area contributed by atoms with Gasteiger partial charge in [0, 0.05) is 28.8 Å². The average Bonchev–Trinajstić information content (AvgIpc) is 3.36. The van der Waals surface area contributed by atoms with Crippen LogP contribution >= 0.6 is 11.3 Å². The third kappa shape index (κ3) is 4.92. The molecule has 0 aliphatic carbocycles. The van der Waals surface area contributed by atoms with Crippen molar-refractivity contribution in [2.45, 2.75) is 13.1 Å². The summed E-state index contributed by atoms with van der Waals surface area (Å²) in [6.07, 6.45) is -0.864. The van der Waals surface area contributed by atoms with Gasteiger partial charge >= 0.3 is 6.18 Å². The van der Waals surface area contributed by atoms with E-state index in [-0.39, 0.29) is 17.3 Å². The summed E-state index contributed by atoms with van der Waals surface area (Å²) in [6, 6.07) is 10.0. The number of alkyl halides is 3. The monoisotopic (exact) mass is 443 g/mol. The predicted molar refractivity (Wildman–Crippen MR) is 115 cm³/mol. The maximum atomic E-state index is 13.1. The third-order valence-corrected chi connectivity index (χ3v) is 5.10. The number of aliphatic imine (C=N–C) groups is 1. The number of hydrogen-bond donors (Lipinski definition) is 3. The molecule has 0 bridgehead atoms. The number of halogens is 3. The van der Waals surface area contributed by atoms with Crippen molar-refractivity contribution >= 4 is 45.4 Å². The lowest BCUT2D eigenvalue weighted by Crippen LogP contribution is -2.36. The molecule has 4 rings (SSSR count). The summed E-state index contributed by atoms with van der Waals surface area (Å²) in [5.41, 5.74) is 0.0246. The predicted octanol–water partition coefficient (Wildman–Crippen LogP) is 5.48. The molecule has 0 radical (unpaired) electrons. The van der Waals surface area contributed by atoms with Crippen molar-refractivity contribution in [1.29, 1.82) is 0 Å². The highest BCUT2D eigenvalue weighted by atomic mass is 32.1. The molecule has 1 amide bonds. The molecule has 0 atom stereocenters. The van der Waals surface area contributed by atoms with Crippen molar-refractivity contribution in [3.63, 3.8) is 0 Å². The van der Waals surface area contributed by atoms with Crippen LogP contribution in [0.3, 0.4) is 0 Å². The second kappa shape index (κ2) is 8.23. The van der Waals surface area contributed by atoms with Crippen LogP contribution < -0.4 is 10.6 Å². The van der Waals surface area contributed by atoms with Crippen LogP contribution in [0.4, 0.5) is 24.5 Å². The Labute approximate surface area is 178 Å². The van der Waals surface area contributed by atoms with Gasteiger partial charge < -0.3 is 10.3 Å². The molecule has 0 spiro atoms. The molecule has 0 fully saturated rings. The molecule has 10 heteroatoms. The Balaban J connectivity index is 1.67. The first-order chi connectivity index (χ1) is 14.8. The number of amides is 1. The molecule has 0 unspecified atom stereocenters. The van der Waals surface area contributed by atoms with E-state index in [1.807, 2.05) is 12.3 Å². The average molecular weight is 443 g/mol. The lowest BCUT2D eigenvalue weighted by molar-refractivity contribution is -0.137. The zero-order valence-electron chi connectivity index (χ0n) is 16.1. The highest BCUT2D eigenvalue weighted by Gasteiger charge is 2.30. The normalized spacial score (nSPS) is 12.2. The molecular formula is C21H16F3N5OS. The Hall–Kier alpha value is -3.66. The van der Waals surface area contributed by atoms with E-state index in [1.165, 1.54) is 23.5 Å². The van der Waals surface area contributed by atoms with Crippen LogP contribution in [0.25, 0.3) is 10.8 Å². The van der Waals surface area contributed by atoms with Gasteiger partial charge in [0.05, 0.1) is 16.3 Å². The first kappa shape index (κ1) is 20.6. The SMILES string of the molecule is Cc1nc(C(=O)NC(=Nc2ccc3c[nH]cc3c2)Nc2cccc(C(F)(F)F)c2)cs1. The van der Waals surface area contributed by atoms with Crippen molar-refractivity contribution in [2.24, 2.45) is 4.99 Å². The number of aromatic amines is 1. The van der Waals surface area contributed by atoms with Crippen molar-refractivity contribution < 1.29 is 18.0 Å². The summed E-state index contributed by atoms with van der Waals surface area (Å²) in [4.78, 5) is 24.1. The minimum absolute atomic E-state index is 0.0233. The van der Waals surface area contributed by atoms with Crippen LogP contribution in [0.15, 0.2) is 65.2 Å². The Morgan fingerprint density at radius 3 is 2.68 bits per heavy atom. The van der Waals surface area contributed by atoms with Crippen molar-refractivity contribution in [3.8, 4) is 0 Å². The van der Waals surface area contributed by atoms with Gasteiger partial charge in [0.2, 0.25) is 5.96 Å². The minimum Gasteiger partial charge on any atom is -0.366 e. The summed E-state index contributed by atoms with van der Waals surface area (Å²) < 4.78 is 39.2. The lowest BCUT2D eigenvalue weighted by atomic mass is 10.2. The fourth-order valence-electron chi connectivity index (χ4n) is 2.87. The number of nitrogens with zero attached hydrogens (tertiary/aromatic N) is 2. The zero-order valence-corrected chi connectivity index (χ0v) is 16.9. The molecule has 0 saturated heterocycles. The number of fused-ring (bicyclic) bond motifs is 1. The highest BCUT2D eigenvalue weighted by Crippen LogP contribution is 2.30. The maximum Gasteiger partial charge on any atom is 0.416 e. The van der Waals surface area contributed by atoms with E-state index in [4.69, 9.17) is 0 Å². The number of H-pyrrole nitrogens is 1. The van der Waals surface area contributed by atoms with E-state index in [0.29, 0.717) is 10.7 Å². The molecule has 0 aliphatic heterocycles. The minimum atomic E-state index is -4.49. The molecular weight excluding hydrogens is 427 g/mol. The summed E-state index contributed by atoms with van der Waals surface area (Å²) >= 11 is 1.31. The summed E-state index contributed by atoms with van der Waals surface area (Å²) in [5, 5.41) is 9.57. The molecule has 2 heterocycles. The first-order valence-electron chi connectivity index (χ1n) is 9.11. The molecule has 6 nitrogen and oxygen atoms in total. The standard InChI is InChI=1S/C21H16F3N5OS/c1-12-26-18(11-31-12)19(30)29-20(27-16-4-2-3-15(8-16)21(22,23)24)28-17-6-5-13-9-25-10-14(13)7-17/h2-11,25H,1H3,(H2,27,28,29,30). The number of thiazole rings is 1. The number of aryl methyl sites for hydroxylation is 1. The molecule has 158 valence electrons. The van der Waals surface area contributed by atoms with Gasteiger partial charge in [-0.05, 0) is 42.6 Å². The van der Waals surface area contributed by atoms with Gasteiger partial charge in [-0.25, -0.2) is 9.98 Å². The molecule has 3 N–H and O–H groups in total. The number of anilines is 1. The largest absolute Gasteiger partial charge is 0.416 e. The molecule has 0 aliphatic rings. The molecule has 31 heavy (non-hydrogen) atoms. The Morgan fingerprint density at radius 2 is 1.94 bits per heavy atom. The topological polar surface area (TPSA) is 82.2 Å². The van der Waals surface area contributed by atoms with Gasteiger partial charge in [0.1, 0.15) is 5.69 Å². The van der Waals surface area contributed by atoms with Gasteiger partial charge in [-0.1, -0.05) is 12.1 Å². The Bertz CT molecular complexity index is 1280. The number of aromatic nitrogens is 2.